The highest BCUT2D eigenvalue weighted by Gasteiger charge is 2.51. The number of rotatable bonds is 0. The van der Waals surface area contributed by atoms with Gasteiger partial charge in [-0.3, -0.25) is 14.9 Å². The lowest BCUT2D eigenvalue weighted by molar-refractivity contribution is -0.124. The first-order chi connectivity index (χ1) is 12.7. The van der Waals surface area contributed by atoms with E-state index in [-0.39, 0.29) is 23.8 Å². The Labute approximate surface area is 149 Å². The van der Waals surface area contributed by atoms with E-state index < -0.39 is 0 Å². The average molecular weight is 341 g/mol. The molecule has 0 bridgehead atoms. The average Bonchev–Trinajstić information content (AvgIpc) is 3.18. The van der Waals surface area contributed by atoms with Gasteiger partial charge in [-0.25, -0.2) is 4.98 Å². The zero-order valence-electron chi connectivity index (χ0n) is 13.9. The van der Waals surface area contributed by atoms with Crippen LogP contribution >= 0.6 is 0 Å². The standard InChI is InChI=1S/C21H15N3O2/c25-20-16-12-8-7-10-4-1-2-5-11(10)14(12)18-15(17(16)21(26)24-20)13-6-3-9-22-19(13)23-18/h1-6,9,15,18H,7-8H2,(H,22,23)(H,24,25,26). The maximum absolute atomic E-state index is 12.6. The summed E-state index contributed by atoms with van der Waals surface area (Å²) in [5, 5.41) is 6.06. The number of nitrogens with zero attached hydrogens (tertiary/aromatic N) is 1. The van der Waals surface area contributed by atoms with E-state index in [4.69, 9.17) is 0 Å². The lowest BCUT2D eigenvalue weighted by Crippen LogP contribution is -2.32. The van der Waals surface area contributed by atoms with Crippen LogP contribution in [0.4, 0.5) is 5.82 Å². The Morgan fingerprint density at radius 3 is 2.77 bits per heavy atom. The molecule has 26 heavy (non-hydrogen) atoms. The Balaban J connectivity index is 1.69. The van der Waals surface area contributed by atoms with Gasteiger partial charge in [-0.1, -0.05) is 30.3 Å². The van der Waals surface area contributed by atoms with Gasteiger partial charge in [0.2, 0.25) is 0 Å². The van der Waals surface area contributed by atoms with E-state index in [1.54, 1.807) is 6.20 Å². The largest absolute Gasteiger partial charge is 0.362 e. The number of aromatic nitrogens is 1. The highest BCUT2D eigenvalue weighted by molar-refractivity contribution is 6.24. The molecule has 2 N–H and O–H groups in total. The molecule has 2 atom stereocenters. The summed E-state index contributed by atoms with van der Waals surface area (Å²) in [7, 11) is 0. The minimum Gasteiger partial charge on any atom is -0.362 e. The number of amides is 2. The molecule has 126 valence electrons. The van der Waals surface area contributed by atoms with Gasteiger partial charge in [-0.15, -0.1) is 0 Å². The Morgan fingerprint density at radius 2 is 1.85 bits per heavy atom. The van der Waals surface area contributed by atoms with E-state index in [2.05, 4.69) is 33.8 Å². The third-order valence-electron chi connectivity index (χ3n) is 5.97. The zero-order chi connectivity index (χ0) is 17.4. The summed E-state index contributed by atoms with van der Waals surface area (Å²) in [6.45, 7) is 0. The van der Waals surface area contributed by atoms with Gasteiger partial charge in [0.1, 0.15) is 5.82 Å². The minimum atomic E-state index is -0.260. The van der Waals surface area contributed by atoms with Crippen molar-refractivity contribution < 1.29 is 9.59 Å². The number of carbonyl (C=O) groups excluding carboxylic acids is 2. The van der Waals surface area contributed by atoms with Crippen LogP contribution in [0.15, 0.2) is 59.3 Å². The first-order valence-corrected chi connectivity index (χ1v) is 8.87. The maximum atomic E-state index is 12.6. The van der Waals surface area contributed by atoms with Gasteiger partial charge in [0, 0.05) is 23.3 Å². The summed E-state index contributed by atoms with van der Waals surface area (Å²) in [6, 6.07) is 12.2. The highest BCUT2D eigenvalue weighted by atomic mass is 16.2. The van der Waals surface area contributed by atoms with Crippen LogP contribution in [0.1, 0.15) is 29.0 Å². The van der Waals surface area contributed by atoms with E-state index in [1.807, 2.05) is 18.2 Å². The topological polar surface area (TPSA) is 71.1 Å². The first-order valence-electron chi connectivity index (χ1n) is 8.87. The third kappa shape index (κ3) is 1.58. The van der Waals surface area contributed by atoms with E-state index in [9.17, 15) is 9.59 Å². The van der Waals surface area contributed by atoms with Gasteiger partial charge in [-0.05, 0) is 41.2 Å². The van der Waals surface area contributed by atoms with E-state index in [0.29, 0.717) is 11.1 Å². The van der Waals surface area contributed by atoms with Crippen molar-refractivity contribution in [1.82, 2.24) is 10.3 Å². The molecule has 1 aromatic heterocycles. The summed E-state index contributed by atoms with van der Waals surface area (Å²) in [6.07, 6.45) is 3.42. The number of nitrogens with one attached hydrogen (secondary N) is 2. The monoisotopic (exact) mass is 341 g/mol. The third-order valence-corrected chi connectivity index (χ3v) is 5.97. The lowest BCUT2D eigenvalue weighted by Gasteiger charge is -2.35. The number of pyridine rings is 1. The summed E-state index contributed by atoms with van der Waals surface area (Å²) in [5.74, 6) is 0.111. The number of carbonyl (C=O) groups is 2. The molecule has 5 heteroatoms. The van der Waals surface area contributed by atoms with Crippen LogP contribution in [0.5, 0.6) is 0 Å². The van der Waals surface area contributed by atoms with Gasteiger partial charge in [0.05, 0.1) is 11.6 Å². The first kappa shape index (κ1) is 14.0. The van der Waals surface area contributed by atoms with E-state index in [0.717, 1.165) is 35.4 Å². The summed E-state index contributed by atoms with van der Waals surface area (Å²) in [5.41, 5.74) is 6.84. The van der Waals surface area contributed by atoms with Crippen molar-refractivity contribution in [3.63, 3.8) is 0 Å². The number of anilines is 1. The number of aryl methyl sites for hydroxylation is 1. The highest BCUT2D eigenvalue weighted by Crippen LogP contribution is 2.54. The fourth-order valence-corrected chi connectivity index (χ4v) is 5.00. The Kier molecular flexibility index (Phi) is 2.53. The molecule has 5 nitrogen and oxygen atoms in total. The molecule has 0 saturated carbocycles. The van der Waals surface area contributed by atoms with Crippen LogP contribution in [0.3, 0.4) is 0 Å². The predicted octanol–water partition coefficient (Wildman–Crippen LogP) is 2.33. The van der Waals surface area contributed by atoms with E-state index in [1.165, 1.54) is 11.1 Å². The van der Waals surface area contributed by atoms with Gasteiger partial charge in [-0.2, -0.15) is 0 Å². The summed E-state index contributed by atoms with van der Waals surface area (Å²) in [4.78, 5) is 29.7. The molecule has 0 saturated heterocycles. The second kappa shape index (κ2) is 4.69. The second-order valence-corrected chi connectivity index (χ2v) is 7.16. The molecule has 0 radical (unpaired) electrons. The maximum Gasteiger partial charge on any atom is 0.258 e. The molecule has 2 aliphatic carbocycles. The van der Waals surface area contributed by atoms with Crippen LogP contribution < -0.4 is 10.6 Å². The van der Waals surface area contributed by atoms with Crippen LogP contribution in [0, 0.1) is 0 Å². The molecule has 0 spiro atoms. The molecule has 3 heterocycles. The fourth-order valence-electron chi connectivity index (χ4n) is 5.00. The number of hydrogen-bond donors (Lipinski definition) is 2. The van der Waals surface area contributed by atoms with Crippen LogP contribution in [0.25, 0.3) is 5.57 Å². The normalized spacial score (nSPS) is 25.1. The molecular formula is C21H15N3O2. The second-order valence-electron chi connectivity index (χ2n) is 7.16. The van der Waals surface area contributed by atoms with Gasteiger partial charge in [0.15, 0.2) is 0 Å². The number of fused-ring (bicyclic) bond motifs is 8. The molecule has 4 aliphatic rings. The van der Waals surface area contributed by atoms with Gasteiger partial charge in [0.25, 0.3) is 11.8 Å². The summed E-state index contributed by atoms with van der Waals surface area (Å²) >= 11 is 0. The number of imide groups is 1. The van der Waals surface area contributed by atoms with Crippen molar-refractivity contribution in [2.75, 3.05) is 5.32 Å². The Morgan fingerprint density at radius 1 is 0.962 bits per heavy atom. The molecule has 6 rings (SSSR count). The van der Waals surface area contributed by atoms with Crippen molar-refractivity contribution in [2.45, 2.75) is 24.8 Å². The van der Waals surface area contributed by atoms with E-state index >= 15 is 0 Å². The number of benzene rings is 1. The zero-order valence-corrected chi connectivity index (χ0v) is 13.9. The quantitative estimate of drug-likeness (QED) is 0.722. The van der Waals surface area contributed by atoms with Crippen LogP contribution in [-0.2, 0) is 16.0 Å². The van der Waals surface area contributed by atoms with Crippen LogP contribution in [0.2, 0.25) is 0 Å². The molecule has 0 fully saturated rings. The molecular weight excluding hydrogens is 326 g/mol. The van der Waals surface area contributed by atoms with Gasteiger partial charge < -0.3 is 5.32 Å². The van der Waals surface area contributed by atoms with Gasteiger partial charge >= 0.3 is 0 Å². The van der Waals surface area contributed by atoms with Crippen molar-refractivity contribution >= 4 is 23.2 Å². The Hall–Kier alpha value is -3.21. The molecule has 2 amide bonds. The molecule has 2 aromatic rings. The van der Waals surface area contributed by atoms with Crippen molar-refractivity contribution in [2.24, 2.45) is 0 Å². The SMILES string of the molecule is O=C1NC(=O)C2=C1C1=C(c3ccccc3CC1)C1Nc3ncccc3C21. The Bertz CT molecular complexity index is 1100. The van der Waals surface area contributed by atoms with Crippen molar-refractivity contribution in [3.8, 4) is 0 Å². The lowest BCUT2D eigenvalue weighted by atomic mass is 9.69. The summed E-state index contributed by atoms with van der Waals surface area (Å²) < 4.78 is 0. The molecule has 2 aliphatic heterocycles. The number of hydrogen-bond acceptors (Lipinski definition) is 4. The van der Waals surface area contributed by atoms with Crippen molar-refractivity contribution in [1.29, 1.82) is 0 Å². The minimum absolute atomic E-state index is 0.0632. The van der Waals surface area contributed by atoms with Crippen molar-refractivity contribution in [3.05, 3.63) is 76.0 Å². The predicted molar refractivity (Wildman–Crippen MR) is 96.2 cm³/mol. The fraction of sp³-hybridized carbons (Fsp3) is 0.190. The van der Waals surface area contributed by atoms with Crippen LogP contribution in [-0.4, -0.2) is 22.8 Å². The smallest absolute Gasteiger partial charge is 0.258 e. The molecule has 2 unspecified atom stereocenters. The molecule has 1 aromatic carbocycles.